The number of hydrogen-bond donors (Lipinski definition) is 0. The third kappa shape index (κ3) is 2.32. The first kappa shape index (κ1) is 16.0. The fourth-order valence-corrected chi connectivity index (χ4v) is 4.86. The van der Waals surface area contributed by atoms with Gasteiger partial charge in [0.2, 0.25) is 0 Å². The number of methoxy groups -OCH3 is 1. The van der Waals surface area contributed by atoms with Gasteiger partial charge < -0.3 is 9.64 Å². The monoisotopic (exact) mass is 356 g/mol. The van der Waals surface area contributed by atoms with Crippen LogP contribution in [-0.2, 0) is 16.4 Å². The SMILES string of the molecule is COc1ccc2c3c(cn(S(=O)(=O)c4ccc(C)cc4)c13)CCN2C. The van der Waals surface area contributed by atoms with E-state index in [0.29, 0.717) is 11.3 Å². The van der Waals surface area contributed by atoms with Gasteiger partial charge in [-0.3, -0.25) is 0 Å². The Morgan fingerprint density at radius 2 is 1.80 bits per heavy atom. The summed E-state index contributed by atoms with van der Waals surface area (Å²) in [6.07, 6.45) is 2.56. The molecule has 0 bridgehead atoms. The van der Waals surface area contributed by atoms with Crippen molar-refractivity contribution >= 4 is 26.6 Å². The maximum atomic E-state index is 13.3. The minimum absolute atomic E-state index is 0.279. The van der Waals surface area contributed by atoms with E-state index in [1.165, 1.54) is 3.97 Å². The second kappa shape index (κ2) is 5.52. The maximum Gasteiger partial charge on any atom is 0.268 e. The van der Waals surface area contributed by atoms with Gasteiger partial charge in [-0.1, -0.05) is 17.7 Å². The Balaban J connectivity index is 2.05. The molecule has 0 unspecified atom stereocenters. The molecule has 2 heterocycles. The average Bonchev–Trinajstić information content (AvgIpc) is 3.00. The first-order chi connectivity index (χ1) is 11.9. The van der Waals surface area contributed by atoms with Crippen LogP contribution >= 0.6 is 0 Å². The fraction of sp³-hybridized carbons (Fsp3) is 0.263. The molecule has 130 valence electrons. The Kier molecular flexibility index (Phi) is 3.54. The highest BCUT2D eigenvalue weighted by molar-refractivity contribution is 7.90. The molecule has 0 radical (unpaired) electrons. The van der Waals surface area contributed by atoms with Crippen molar-refractivity contribution in [1.29, 1.82) is 0 Å². The number of anilines is 1. The highest BCUT2D eigenvalue weighted by Gasteiger charge is 2.28. The van der Waals surface area contributed by atoms with Gasteiger partial charge in [-0.15, -0.1) is 0 Å². The lowest BCUT2D eigenvalue weighted by Gasteiger charge is -2.25. The standard InChI is InChI=1S/C19H20N2O3S/c1-13-4-6-15(7-5-13)25(22,23)21-12-14-10-11-20(2)16-8-9-17(24-3)19(21)18(14)16/h4-9,12H,10-11H2,1-3H3. The van der Waals surface area contributed by atoms with E-state index in [1.807, 2.05) is 38.2 Å². The van der Waals surface area contributed by atoms with Crippen molar-refractivity contribution in [3.05, 3.63) is 53.7 Å². The molecule has 1 aliphatic heterocycles. The molecule has 0 saturated heterocycles. The topological polar surface area (TPSA) is 51.5 Å². The minimum atomic E-state index is -3.69. The normalized spacial score (nSPS) is 14.1. The van der Waals surface area contributed by atoms with Crippen LogP contribution in [0.15, 0.2) is 47.5 Å². The van der Waals surface area contributed by atoms with Gasteiger partial charge in [-0.25, -0.2) is 12.4 Å². The lowest BCUT2D eigenvalue weighted by atomic mass is 10.0. The highest BCUT2D eigenvalue weighted by Crippen LogP contribution is 2.41. The van der Waals surface area contributed by atoms with Gasteiger partial charge in [0.1, 0.15) is 11.3 Å². The molecule has 1 aromatic heterocycles. The summed E-state index contributed by atoms with van der Waals surface area (Å²) in [6.45, 7) is 2.80. The smallest absolute Gasteiger partial charge is 0.268 e. The molecule has 0 spiro atoms. The van der Waals surface area contributed by atoms with Crippen LogP contribution in [0.25, 0.3) is 10.9 Å². The van der Waals surface area contributed by atoms with Gasteiger partial charge >= 0.3 is 0 Å². The van der Waals surface area contributed by atoms with Gasteiger partial charge in [0.05, 0.1) is 12.0 Å². The van der Waals surface area contributed by atoms with Crippen LogP contribution < -0.4 is 9.64 Å². The van der Waals surface area contributed by atoms with Crippen molar-refractivity contribution in [2.24, 2.45) is 0 Å². The fourth-order valence-electron chi connectivity index (χ4n) is 3.46. The van der Waals surface area contributed by atoms with Gasteiger partial charge in [0.25, 0.3) is 10.0 Å². The second-order valence-electron chi connectivity index (χ2n) is 6.45. The van der Waals surface area contributed by atoms with Crippen molar-refractivity contribution in [1.82, 2.24) is 3.97 Å². The number of aryl methyl sites for hydroxylation is 1. The van der Waals surface area contributed by atoms with E-state index < -0.39 is 10.0 Å². The van der Waals surface area contributed by atoms with Crippen LogP contribution in [0.1, 0.15) is 11.1 Å². The number of hydrogen-bond acceptors (Lipinski definition) is 4. The average molecular weight is 356 g/mol. The van der Waals surface area contributed by atoms with Gasteiger partial charge in [-0.2, -0.15) is 0 Å². The number of benzene rings is 2. The number of likely N-dealkylation sites (N-methyl/N-ethyl adjacent to an activating group) is 1. The van der Waals surface area contributed by atoms with Gasteiger partial charge in [-0.05, 0) is 43.2 Å². The Morgan fingerprint density at radius 1 is 1.08 bits per heavy atom. The van der Waals surface area contributed by atoms with E-state index in [4.69, 9.17) is 4.74 Å². The Labute approximate surface area is 147 Å². The summed E-state index contributed by atoms with van der Waals surface area (Å²) < 4.78 is 33.4. The molecular weight excluding hydrogens is 336 g/mol. The van der Waals surface area contributed by atoms with Gasteiger partial charge in [0.15, 0.2) is 0 Å². The first-order valence-electron chi connectivity index (χ1n) is 8.18. The largest absolute Gasteiger partial charge is 0.495 e. The van der Waals surface area contributed by atoms with Crippen molar-refractivity contribution in [2.75, 3.05) is 25.6 Å². The molecule has 3 aromatic rings. The van der Waals surface area contributed by atoms with Crippen LogP contribution in [0.3, 0.4) is 0 Å². The van der Waals surface area contributed by atoms with Crippen LogP contribution in [-0.4, -0.2) is 33.1 Å². The minimum Gasteiger partial charge on any atom is -0.495 e. The maximum absolute atomic E-state index is 13.3. The molecule has 0 amide bonds. The molecule has 0 aliphatic carbocycles. The molecule has 5 nitrogen and oxygen atoms in total. The van der Waals surface area contributed by atoms with Crippen molar-refractivity contribution < 1.29 is 13.2 Å². The molecule has 1 aliphatic rings. The summed E-state index contributed by atoms with van der Waals surface area (Å²) in [5.74, 6) is 0.566. The van der Waals surface area contributed by atoms with E-state index in [2.05, 4.69) is 4.90 Å². The molecule has 0 atom stereocenters. The summed E-state index contributed by atoms with van der Waals surface area (Å²) in [5, 5.41) is 0.962. The molecule has 6 heteroatoms. The predicted molar refractivity (Wildman–Crippen MR) is 99.2 cm³/mol. The summed E-state index contributed by atoms with van der Waals surface area (Å²) in [7, 11) is -0.0998. The Bertz CT molecular complexity index is 1070. The van der Waals surface area contributed by atoms with Crippen molar-refractivity contribution in [3.63, 3.8) is 0 Å². The zero-order valence-electron chi connectivity index (χ0n) is 14.5. The molecule has 0 fully saturated rings. The predicted octanol–water partition coefficient (Wildman–Crippen LogP) is 3.19. The number of rotatable bonds is 3. The summed E-state index contributed by atoms with van der Waals surface area (Å²) in [6, 6.07) is 10.8. The molecule has 2 aromatic carbocycles. The summed E-state index contributed by atoms with van der Waals surface area (Å²) in [5.41, 5.74) is 3.71. The van der Waals surface area contributed by atoms with Crippen molar-refractivity contribution in [2.45, 2.75) is 18.2 Å². The Morgan fingerprint density at radius 3 is 2.48 bits per heavy atom. The number of aromatic nitrogens is 1. The van der Waals surface area contributed by atoms with Gasteiger partial charge in [0, 0.05) is 30.9 Å². The van der Waals surface area contributed by atoms with E-state index in [9.17, 15) is 8.42 Å². The van der Waals surface area contributed by atoms with E-state index in [-0.39, 0.29) is 4.90 Å². The lowest BCUT2D eigenvalue weighted by molar-refractivity contribution is 0.418. The molecule has 4 rings (SSSR count). The third-order valence-electron chi connectivity index (χ3n) is 4.86. The van der Waals surface area contributed by atoms with Crippen LogP contribution in [0.5, 0.6) is 5.75 Å². The Hall–Kier alpha value is -2.47. The highest BCUT2D eigenvalue weighted by atomic mass is 32.2. The van der Waals surface area contributed by atoms with E-state index in [1.54, 1.807) is 25.4 Å². The molecule has 0 N–H and O–H groups in total. The lowest BCUT2D eigenvalue weighted by Crippen LogP contribution is -2.23. The van der Waals surface area contributed by atoms with Crippen LogP contribution in [0.2, 0.25) is 0 Å². The zero-order valence-corrected chi connectivity index (χ0v) is 15.3. The zero-order chi connectivity index (χ0) is 17.8. The van der Waals surface area contributed by atoms with Crippen molar-refractivity contribution in [3.8, 4) is 5.75 Å². The first-order valence-corrected chi connectivity index (χ1v) is 9.62. The summed E-state index contributed by atoms with van der Waals surface area (Å²) in [4.78, 5) is 2.43. The van der Waals surface area contributed by atoms with Crippen LogP contribution in [0, 0.1) is 6.92 Å². The number of ether oxygens (including phenoxy) is 1. The molecular formula is C19H20N2O3S. The third-order valence-corrected chi connectivity index (χ3v) is 6.53. The molecule has 25 heavy (non-hydrogen) atoms. The summed E-state index contributed by atoms with van der Waals surface area (Å²) >= 11 is 0. The quantitative estimate of drug-likeness (QED) is 0.723. The van der Waals surface area contributed by atoms with E-state index in [0.717, 1.165) is 35.2 Å². The van der Waals surface area contributed by atoms with E-state index >= 15 is 0 Å². The second-order valence-corrected chi connectivity index (χ2v) is 8.27. The van der Waals surface area contributed by atoms with Crippen LogP contribution in [0.4, 0.5) is 5.69 Å². The number of nitrogens with zero attached hydrogens (tertiary/aromatic N) is 2. The molecule has 0 saturated carbocycles.